The summed E-state index contributed by atoms with van der Waals surface area (Å²) in [6.07, 6.45) is 9.55. The molecule has 2 aliphatic carbocycles. The van der Waals surface area contributed by atoms with E-state index in [1.807, 2.05) is 11.3 Å². The fraction of sp³-hybridized carbons (Fsp3) is 0.812. The molecule has 112 valence electrons. The number of nitrogens with zero attached hydrogens (tertiary/aromatic N) is 1. The fourth-order valence-corrected chi connectivity index (χ4v) is 4.72. The second-order valence-electron chi connectivity index (χ2n) is 6.28. The number of nitrogens with one attached hydrogen (secondary N) is 1. The van der Waals surface area contributed by atoms with E-state index in [0.29, 0.717) is 24.6 Å². The number of thiazole rings is 1. The molecule has 0 aliphatic heterocycles. The Labute approximate surface area is 125 Å². The molecule has 0 unspecified atom stereocenters. The van der Waals surface area contributed by atoms with Crippen LogP contribution in [-0.2, 0) is 12.8 Å². The lowest BCUT2D eigenvalue weighted by Gasteiger charge is -2.32. The van der Waals surface area contributed by atoms with Gasteiger partial charge in [0.25, 0.3) is 0 Å². The smallest absolute Gasteiger partial charge is 0.0928 e. The lowest BCUT2D eigenvalue weighted by molar-refractivity contribution is 0.170. The van der Waals surface area contributed by atoms with Crippen LogP contribution in [0.3, 0.4) is 0 Å². The van der Waals surface area contributed by atoms with Crippen molar-refractivity contribution in [3.05, 3.63) is 15.6 Å². The molecule has 1 atom stereocenters. The van der Waals surface area contributed by atoms with Crippen molar-refractivity contribution >= 4 is 11.3 Å². The van der Waals surface area contributed by atoms with Gasteiger partial charge in [-0.25, -0.2) is 4.98 Å². The summed E-state index contributed by atoms with van der Waals surface area (Å²) < 4.78 is 0. The number of hydrogen-bond acceptors (Lipinski definition) is 4. The van der Waals surface area contributed by atoms with Gasteiger partial charge in [0.1, 0.15) is 0 Å². The molecule has 4 heteroatoms. The molecule has 0 radical (unpaired) electrons. The summed E-state index contributed by atoms with van der Waals surface area (Å²) in [5.41, 5.74) is 1.36. The van der Waals surface area contributed by atoms with Crippen LogP contribution < -0.4 is 5.32 Å². The summed E-state index contributed by atoms with van der Waals surface area (Å²) in [5.74, 6) is 0.546. The zero-order chi connectivity index (χ0) is 13.9. The maximum absolute atomic E-state index is 9.23. The third-order valence-corrected chi connectivity index (χ3v) is 6.19. The molecule has 2 N–H and O–H groups in total. The summed E-state index contributed by atoms with van der Waals surface area (Å²) in [7, 11) is 0. The maximum Gasteiger partial charge on any atom is 0.0928 e. The Morgan fingerprint density at radius 2 is 2.05 bits per heavy atom. The molecular formula is C16H26N2OS. The molecule has 0 bridgehead atoms. The first-order valence-electron chi connectivity index (χ1n) is 8.15. The van der Waals surface area contributed by atoms with Crippen LogP contribution in [0.1, 0.15) is 67.1 Å². The van der Waals surface area contributed by atoms with Crippen LogP contribution >= 0.6 is 11.3 Å². The van der Waals surface area contributed by atoms with Gasteiger partial charge in [-0.3, -0.25) is 0 Å². The van der Waals surface area contributed by atoms with Gasteiger partial charge in [-0.1, -0.05) is 6.92 Å². The molecule has 3 rings (SSSR count). The van der Waals surface area contributed by atoms with Gasteiger partial charge < -0.3 is 10.4 Å². The van der Waals surface area contributed by atoms with Crippen molar-refractivity contribution in [2.75, 3.05) is 6.61 Å². The van der Waals surface area contributed by atoms with Gasteiger partial charge in [-0.2, -0.15) is 0 Å². The maximum atomic E-state index is 9.23. The van der Waals surface area contributed by atoms with E-state index in [0.717, 1.165) is 6.42 Å². The van der Waals surface area contributed by atoms with Crippen LogP contribution in [-0.4, -0.2) is 22.7 Å². The minimum absolute atomic E-state index is 0.370. The van der Waals surface area contributed by atoms with Gasteiger partial charge in [0.2, 0.25) is 0 Å². The van der Waals surface area contributed by atoms with Crippen LogP contribution in [0.4, 0.5) is 0 Å². The number of aryl methyl sites for hydroxylation is 2. The summed E-state index contributed by atoms with van der Waals surface area (Å²) in [5, 5.41) is 14.4. The van der Waals surface area contributed by atoms with Crippen LogP contribution in [0.2, 0.25) is 0 Å². The summed E-state index contributed by atoms with van der Waals surface area (Å²) in [4.78, 5) is 6.29. The van der Waals surface area contributed by atoms with E-state index in [2.05, 4.69) is 12.2 Å². The molecule has 1 aromatic rings. The second kappa shape index (κ2) is 6.54. The van der Waals surface area contributed by atoms with Crippen LogP contribution in [0.25, 0.3) is 0 Å². The number of aliphatic hydroxyl groups excluding tert-OH is 1. The topological polar surface area (TPSA) is 45.2 Å². The van der Waals surface area contributed by atoms with Crippen molar-refractivity contribution in [1.82, 2.24) is 10.3 Å². The highest BCUT2D eigenvalue weighted by Crippen LogP contribution is 2.36. The highest BCUT2D eigenvalue weighted by molar-refractivity contribution is 7.11. The Morgan fingerprint density at radius 1 is 1.25 bits per heavy atom. The van der Waals surface area contributed by atoms with Crippen LogP contribution in [0, 0.1) is 5.92 Å². The van der Waals surface area contributed by atoms with Gasteiger partial charge in [-0.15, -0.1) is 11.3 Å². The monoisotopic (exact) mass is 294 g/mol. The van der Waals surface area contributed by atoms with E-state index < -0.39 is 0 Å². The van der Waals surface area contributed by atoms with Crippen molar-refractivity contribution < 1.29 is 5.11 Å². The van der Waals surface area contributed by atoms with E-state index in [1.54, 1.807) is 0 Å². The van der Waals surface area contributed by atoms with Gasteiger partial charge in [-0.05, 0) is 57.3 Å². The van der Waals surface area contributed by atoms with Crippen molar-refractivity contribution in [3.63, 3.8) is 0 Å². The Bertz CT molecular complexity index is 438. The Morgan fingerprint density at radius 3 is 2.75 bits per heavy atom. The standard InChI is InChI=1S/C16H26N2OS/c1-2-15-18-14-5-3-4-13(16(14)20-15)17-12-8-6-11(10-19)7-9-12/h11-13,17,19H,2-10H2,1H3/t11?,12?,13-/m0/s1. The SMILES string of the molecule is CCc1nc2c(s1)[C@@H](NC1CCC(CO)CC1)CCC2. The van der Waals surface area contributed by atoms with Crippen LogP contribution in [0.5, 0.6) is 0 Å². The molecule has 0 spiro atoms. The zero-order valence-electron chi connectivity index (χ0n) is 12.4. The van der Waals surface area contributed by atoms with Gasteiger partial charge in [0.15, 0.2) is 0 Å². The molecule has 0 saturated heterocycles. The van der Waals surface area contributed by atoms with E-state index in [-0.39, 0.29) is 0 Å². The predicted octanol–water partition coefficient (Wildman–Crippen LogP) is 3.22. The van der Waals surface area contributed by atoms with Crippen LogP contribution in [0.15, 0.2) is 0 Å². The minimum atomic E-state index is 0.370. The molecule has 1 fully saturated rings. The molecule has 2 aliphatic rings. The predicted molar refractivity (Wildman–Crippen MR) is 83.1 cm³/mol. The summed E-state index contributed by atoms with van der Waals surface area (Å²) >= 11 is 1.92. The molecule has 1 heterocycles. The third-order valence-electron chi connectivity index (χ3n) is 4.84. The molecule has 20 heavy (non-hydrogen) atoms. The van der Waals surface area contributed by atoms with Gasteiger partial charge in [0.05, 0.1) is 10.7 Å². The first-order valence-corrected chi connectivity index (χ1v) is 8.97. The number of hydrogen-bond donors (Lipinski definition) is 2. The number of aromatic nitrogens is 1. The molecule has 1 aromatic heterocycles. The highest BCUT2D eigenvalue weighted by Gasteiger charge is 2.28. The largest absolute Gasteiger partial charge is 0.396 e. The number of fused-ring (bicyclic) bond motifs is 1. The summed E-state index contributed by atoms with van der Waals surface area (Å²) in [6.45, 7) is 2.57. The minimum Gasteiger partial charge on any atom is -0.396 e. The first-order chi connectivity index (χ1) is 9.80. The highest BCUT2D eigenvalue weighted by atomic mass is 32.1. The average molecular weight is 294 g/mol. The Kier molecular flexibility index (Phi) is 4.74. The molecule has 0 amide bonds. The van der Waals surface area contributed by atoms with Crippen molar-refractivity contribution in [1.29, 1.82) is 0 Å². The molecule has 3 nitrogen and oxygen atoms in total. The van der Waals surface area contributed by atoms with Crippen molar-refractivity contribution in [2.24, 2.45) is 5.92 Å². The molecular weight excluding hydrogens is 268 g/mol. The van der Waals surface area contributed by atoms with E-state index in [1.165, 1.54) is 60.5 Å². The normalized spacial score (nSPS) is 30.2. The zero-order valence-corrected chi connectivity index (χ0v) is 13.2. The molecule has 0 aromatic carbocycles. The molecule has 1 saturated carbocycles. The third kappa shape index (κ3) is 3.07. The number of rotatable bonds is 4. The van der Waals surface area contributed by atoms with Crippen molar-refractivity contribution in [2.45, 2.75) is 70.4 Å². The van der Waals surface area contributed by atoms with E-state index in [4.69, 9.17) is 4.98 Å². The first kappa shape index (κ1) is 14.5. The second-order valence-corrected chi connectivity index (χ2v) is 7.40. The van der Waals surface area contributed by atoms with Crippen molar-refractivity contribution in [3.8, 4) is 0 Å². The fourth-order valence-electron chi connectivity index (χ4n) is 3.58. The van der Waals surface area contributed by atoms with Gasteiger partial charge >= 0.3 is 0 Å². The average Bonchev–Trinajstić information content (AvgIpc) is 2.92. The lowest BCUT2D eigenvalue weighted by Crippen LogP contribution is -2.37. The van der Waals surface area contributed by atoms with Gasteiger partial charge in [0, 0.05) is 23.6 Å². The Balaban J connectivity index is 1.63. The Hall–Kier alpha value is -0.450. The quantitative estimate of drug-likeness (QED) is 0.896. The number of aliphatic hydroxyl groups is 1. The summed E-state index contributed by atoms with van der Waals surface area (Å²) in [6, 6.07) is 1.17. The van der Waals surface area contributed by atoms with E-state index >= 15 is 0 Å². The lowest BCUT2D eigenvalue weighted by atomic mass is 9.85. The van der Waals surface area contributed by atoms with E-state index in [9.17, 15) is 5.11 Å².